The maximum Gasteiger partial charge on any atom is 0.263 e. The summed E-state index contributed by atoms with van der Waals surface area (Å²) < 4.78 is 32.6. The van der Waals surface area contributed by atoms with Crippen LogP contribution >= 0.6 is 0 Å². The molecule has 3 heterocycles. The second kappa shape index (κ2) is 9.66. The Hall–Kier alpha value is -2.98. The number of pyridine rings is 1. The monoisotopic (exact) mass is 457 g/mol. The van der Waals surface area contributed by atoms with Crippen molar-refractivity contribution in [3.8, 4) is 0 Å². The Bertz CT molecular complexity index is 1100. The van der Waals surface area contributed by atoms with Gasteiger partial charge in [0.05, 0.1) is 30.0 Å². The number of hydrogen-bond acceptors (Lipinski definition) is 7. The van der Waals surface area contributed by atoms with E-state index in [1.807, 2.05) is 19.1 Å². The largest absolute Gasteiger partial charge is 0.378 e. The number of ether oxygens (including phenoxy) is 1. The van der Waals surface area contributed by atoms with E-state index in [1.54, 1.807) is 24.4 Å². The molecule has 0 spiro atoms. The van der Waals surface area contributed by atoms with E-state index in [9.17, 15) is 13.2 Å². The molecule has 2 aliphatic heterocycles. The summed E-state index contributed by atoms with van der Waals surface area (Å²) in [6.07, 6.45) is 3.82. The molecule has 1 aromatic heterocycles. The van der Waals surface area contributed by atoms with E-state index < -0.39 is 16.1 Å². The molecule has 0 radical (unpaired) electrons. The summed E-state index contributed by atoms with van der Waals surface area (Å²) in [5, 5.41) is 2.87. The van der Waals surface area contributed by atoms with E-state index in [1.165, 1.54) is 6.07 Å². The number of aliphatic imine (C=N–C) groups is 1. The van der Waals surface area contributed by atoms with Gasteiger partial charge in [0.15, 0.2) is 0 Å². The van der Waals surface area contributed by atoms with Crippen molar-refractivity contribution in [3.05, 3.63) is 48.2 Å². The van der Waals surface area contributed by atoms with Gasteiger partial charge in [0, 0.05) is 18.7 Å². The number of amides is 1. The van der Waals surface area contributed by atoms with Crippen molar-refractivity contribution in [2.24, 2.45) is 4.99 Å². The molecule has 2 aromatic rings. The Balaban J connectivity index is 1.51. The average molecular weight is 458 g/mol. The molecule has 170 valence electrons. The lowest BCUT2D eigenvalue weighted by Gasteiger charge is -2.27. The minimum Gasteiger partial charge on any atom is -0.378 e. The van der Waals surface area contributed by atoms with Gasteiger partial charge in [-0.25, -0.2) is 13.4 Å². The number of carbonyl (C=O) groups is 1. The molecular weight excluding hydrogens is 430 g/mol. The van der Waals surface area contributed by atoms with Crippen LogP contribution in [-0.2, 0) is 19.6 Å². The van der Waals surface area contributed by atoms with Crippen LogP contribution in [0.5, 0.6) is 0 Å². The van der Waals surface area contributed by atoms with Crippen molar-refractivity contribution in [2.45, 2.75) is 37.1 Å². The number of morpholine rings is 1. The third kappa shape index (κ3) is 4.91. The summed E-state index contributed by atoms with van der Waals surface area (Å²) in [6.45, 7) is 4.95. The van der Waals surface area contributed by atoms with Crippen LogP contribution in [0.3, 0.4) is 0 Å². The number of anilines is 2. The van der Waals surface area contributed by atoms with Crippen molar-refractivity contribution in [2.75, 3.05) is 36.5 Å². The molecule has 10 heteroatoms. The molecule has 0 saturated carbocycles. The predicted octanol–water partition coefficient (Wildman–Crippen LogP) is 2.15. The first-order chi connectivity index (χ1) is 15.5. The topological polar surface area (TPSA) is 113 Å². The van der Waals surface area contributed by atoms with Gasteiger partial charge in [-0.1, -0.05) is 31.9 Å². The smallest absolute Gasteiger partial charge is 0.263 e. The molecule has 1 amide bonds. The van der Waals surface area contributed by atoms with Crippen LogP contribution in [-0.4, -0.2) is 57.5 Å². The fraction of sp³-hybridized carbons (Fsp3) is 0.409. The van der Waals surface area contributed by atoms with Crippen LogP contribution in [0.2, 0.25) is 0 Å². The van der Waals surface area contributed by atoms with E-state index >= 15 is 0 Å². The first kappa shape index (κ1) is 22.2. The van der Waals surface area contributed by atoms with Gasteiger partial charge in [0.2, 0.25) is 5.91 Å². The molecule has 9 nitrogen and oxygen atoms in total. The Morgan fingerprint density at radius 3 is 2.75 bits per heavy atom. The number of nitrogens with one attached hydrogen (secondary N) is 2. The molecule has 32 heavy (non-hydrogen) atoms. The number of aromatic nitrogens is 1. The van der Waals surface area contributed by atoms with Gasteiger partial charge < -0.3 is 15.0 Å². The van der Waals surface area contributed by atoms with Crippen LogP contribution in [0, 0.1) is 0 Å². The van der Waals surface area contributed by atoms with E-state index in [0.29, 0.717) is 30.9 Å². The molecule has 1 atom stereocenters. The highest BCUT2D eigenvalue weighted by Gasteiger charge is 2.31. The third-order valence-electron chi connectivity index (χ3n) is 5.43. The van der Waals surface area contributed by atoms with Crippen LogP contribution in [0.1, 0.15) is 31.7 Å². The summed E-state index contributed by atoms with van der Waals surface area (Å²) in [4.78, 5) is 24.3. The normalized spacial score (nSPS) is 19.3. The Morgan fingerprint density at radius 1 is 1.25 bits per heavy atom. The van der Waals surface area contributed by atoms with E-state index in [-0.39, 0.29) is 16.6 Å². The first-order valence-electron chi connectivity index (χ1n) is 10.8. The number of sulfonamides is 1. The second-order valence-electron chi connectivity index (χ2n) is 7.73. The Kier molecular flexibility index (Phi) is 6.71. The highest BCUT2D eigenvalue weighted by molar-refractivity contribution is 7.90. The molecule has 2 aliphatic rings. The van der Waals surface area contributed by atoms with E-state index in [2.05, 4.69) is 24.9 Å². The van der Waals surface area contributed by atoms with Crippen molar-refractivity contribution in [1.82, 2.24) is 9.71 Å². The van der Waals surface area contributed by atoms with Crippen molar-refractivity contribution in [1.29, 1.82) is 0 Å². The standard InChI is InChI=1S/C22H27N5O4S/c1-2-3-7-18(25-21-17-6-4-5-8-19(17)32(29,30)26-21)22(28)24-16-9-10-20(23-15-16)27-11-13-31-14-12-27/h4-6,8-10,15,18H,2-3,7,11-14H2,1H3,(H,24,28)(H,25,26)/t18-/m1/s1. The van der Waals surface area contributed by atoms with Gasteiger partial charge in [-0.2, -0.15) is 0 Å². The highest BCUT2D eigenvalue weighted by Crippen LogP contribution is 2.23. The number of hydrogen-bond donors (Lipinski definition) is 2. The maximum absolute atomic E-state index is 13.0. The van der Waals surface area contributed by atoms with Gasteiger partial charge in [-0.15, -0.1) is 0 Å². The third-order valence-corrected chi connectivity index (χ3v) is 6.83. The number of nitrogens with zero attached hydrogens (tertiary/aromatic N) is 3. The van der Waals surface area contributed by atoms with Gasteiger partial charge in [-0.3, -0.25) is 14.5 Å². The summed E-state index contributed by atoms with van der Waals surface area (Å²) in [5.74, 6) is 0.749. The zero-order chi connectivity index (χ0) is 22.6. The number of rotatable bonds is 7. The quantitative estimate of drug-likeness (QED) is 0.659. The Labute approximate surface area is 188 Å². The Morgan fingerprint density at radius 2 is 2.03 bits per heavy atom. The number of benzene rings is 1. The molecule has 0 unspecified atom stereocenters. The molecule has 1 fully saturated rings. The van der Waals surface area contributed by atoms with Crippen molar-refractivity contribution < 1.29 is 17.9 Å². The summed E-state index contributed by atoms with van der Waals surface area (Å²) >= 11 is 0. The molecule has 4 rings (SSSR count). The van der Waals surface area contributed by atoms with Gasteiger partial charge in [-0.05, 0) is 30.7 Å². The van der Waals surface area contributed by atoms with Gasteiger partial charge in [0.1, 0.15) is 17.7 Å². The maximum atomic E-state index is 13.0. The zero-order valence-corrected chi connectivity index (χ0v) is 18.8. The van der Waals surface area contributed by atoms with Crippen LogP contribution < -0.4 is 14.9 Å². The SMILES string of the molecule is CCCC[C@@H](N=C1NS(=O)(=O)c2ccccc21)C(=O)Nc1ccc(N2CCOCC2)nc1. The number of amidine groups is 1. The van der Waals surface area contributed by atoms with Crippen LogP contribution in [0.4, 0.5) is 11.5 Å². The molecular formula is C22H27N5O4S. The second-order valence-corrected chi connectivity index (χ2v) is 9.38. The summed E-state index contributed by atoms with van der Waals surface area (Å²) in [7, 11) is -3.66. The van der Waals surface area contributed by atoms with Crippen molar-refractivity contribution >= 4 is 33.3 Å². The predicted molar refractivity (Wildman–Crippen MR) is 123 cm³/mol. The minimum absolute atomic E-state index is 0.177. The fourth-order valence-electron chi connectivity index (χ4n) is 3.70. The molecule has 0 bridgehead atoms. The van der Waals surface area contributed by atoms with Crippen LogP contribution in [0.15, 0.2) is 52.5 Å². The lowest BCUT2D eigenvalue weighted by Crippen LogP contribution is -2.36. The summed E-state index contributed by atoms with van der Waals surface area (Å²) in [6, 6.07) is 9.59. The molecule has 1 aromatic carbocycles. The number of fused-ring (bicyclic) bond motifs is 1. The lowest BCUT2D eigenvalue weighted by atomic mass is 10.1. The first-order valence-corrected chi connectivity index (χ1v) is 12.3. The fourth-order valence-corrected chi connectivity index (χ4v) is 4.94. The zero-order valence-electron chi connectivity index (χ0n) is 18.0. The van der Waals surface area contributed by atoms with E-state index in [4.69, 9.17) is 4.74 Å². The minimum atomic E-state index is -3.66. The van der Waals surface area contributed by atoms with Gasteiger partial charge in [0.25, 0.3) is 10.0 Å². The number of unbranched alkanes of at least 4 members (excludes halogenated alkanes) is 1. The van der Waals surface area contributed by atoms with Crippen LogP contribution in [0.25, 0.3) is 0 Å². The highest BCUT2D eigenvalue weighted by atomic mass is 32.2. The van der Waals surface area contributed by atoms with Crippen molar-refractivity contribution in [3.63, 3.8) is 0 Å². The summed E-state index contributed by atoms with van der Waals surface area (Å²) in [5.41, 5.74) is 1.06. The lowest BCUT2D eigenvalue weighted by molar-refractivity contribution is -0.117. The van der Waals surface area contributed by atoms with E-state index in [0.717, 1.165) is 31.7 Å². The number of carbonyl (C=O) groups excluding carboxylic acids is 1. The molecule has 2 N–H and O–H groups in total. The molecule has 1 saturated heterocycles. The molecule has 0 aliphatic carbocycles. The van der Waals surface area contributed by atoms with Gasteiger partial charge >= 0.3 is 0 Å². The average Bonchev–Trinajstić information content (AvgIpc) is 3.07.